The summed E-state index contributed by atoms with van der Waals surface area (Å²) in [4.78, 5) is 14.3. The molecule has 0 bridgehead atoms. The molecular weight excluding hydrogens is 324 g/mol. The van der Waals surface area contributed by atoms with Gasteiger partial charge in [0.25, 0.3) is 0 Å². The van der Waals surface area contributed by atoms with Gasteiger partial charge in [-0.05, 0) is 59.1 Å². The number of benzene rings is 1. The summed E-state index contributed by atoms with van der Waals surface area (Å²) in [6, 6.07) is 7.71. The van der Waals surface area contributed by atoms with Gasteiger partial charge in [-0.3, -0.25) is 4.79 Å². The molecule has 0 saturated carbocycles. The topological polar surface area (TPSA) is 26.3 Å². The van der Waals surface area contributed by atoms with Gasteiger partial charge >= 0.3 is 0 Å². The number of rotatable bonds is 4. The van der Waals surface area contributed by atoms with Crippen LogP contribution in [0.4, 0.5) is 0 Å². The van der Waals surface area contributed by atoms with Crippen molar-refractivity contribution in [1.29, 1.82) is 0 Å². The summed E-state index contributed by atoms with van der Waals surface area (Å²) >= 11 is 5.00. The lowest BCUT2D eigenvalue weighted by atomic mass is 10.1. The molecule has 0 aliphatic heterocycles. The Kier molecular flexibility index (Phi) is 4.42. The van der Waals surface area contributed by atoms with E-state index in [0.717, 1.165) is 20.7 Å². The minimum Gasteiger partial charge on any atom is -0.496 e. The van der Waals surface area contributed by atoms with Crippen molar-refractivity contribution >= 4 is 33.0 Å². The van der Waals surface area contributed by atoms with Gasteiger partial charge < -0.3 is 4.74 Å². The Bertz CT molecular complexity index is 597. The second kappa shape index (κ2) is 5.88. The van der Waals surface area contributed by atoms with Gasteiger partial charge in [0.15, 0.2) is 5.78 Å². The van der Waals surface area contributed by atoms with Crippen molar-refractivity contribution in [3.8, 4) is 5.75 Å². The van der Waals surface area contributed by atoms with Crippen LogP contribution >= 0.6 is 27.3 Å². The number of hydrogen-bond donors (Lipinski definition) is 0. The fraction of sp³-hybridized carbons (Fsp3) is 0.267. The predicted molar refractivity (Wildman–Crippen MR) is 82.5 cm³/mol. The first-order valence-electron chi connectivity index (χ1n) is 5.94. The second-order valence-corrected chi connectivity index (χ2v) is 6.53. The van der Waals surface area contributed by atoms with Crippen molar-refractivity contribution in [1.82, 2.24) is 0 Å². The molecule has 0 N–H and O–H groups in total. The van der Waals surface area contributed by atoms with Crippen molar-refractivity contribution < 1.29 is 9.53 Å². The van der Waals surface area contributed by atoms with E-state index in [2.05, 4.69) is 15.9 Å². The number of aryl methyl sites for hydroxylation is 2. The maximum atomic E-state index is 12.2. The molecule has 0 atom stereocenters. The first kappa shape index (κ1) is 14.3. The van der Waals surface area contributed by atoms with Gasteiger partial charge in [0.1, 0.15) is 5.75 Å². The number of carbonyl (C=O) groups excluding carboxylic acids is 1. The lowest BCUT2D eigenvalue weighted by molar-refractivity contribution is 0.0996. The minimum absolute atomic E-state index is 0.165. The quantitative estimate of drug-likeness (QED) is 0.763. The number of ether oxygens (including phenoxy) is 1. The molecule has 2 rings (SSSR count). The Hall–Kier alpha value is -1.13. The van der Waals surface area contributed by atoms with Crippen molar-refractivity contribution in [3.05, 3.63) is 49.6 Å². The van der Waals surface area contributed by atoms with Crippen LogP contribution in [0.25, 0.3) is 0 Å². The van der Waals surface area contributed by atoms with Crippen LogP contribution in [0.15, 0.2) is 28.7 Å². The van der Waals surface area contributed by atoms with Crippen molar-refractivity contribution in [3.63, 3.8) is 0 Å². The Labute approximate surface area is 125 Å². The smallest absolute Gasteiger partial charge is 0.177 e. The Morgan fingerprint density at radius 1 is 1.32 bits per heavy atom. The van der Waals surface area contributed by atoms with E-state index in [4.69, 9.17) is 4.74 Å². The summed E-state index contributed by atoms with van der Waals surface area (Å²) in [5.41, 5.74) is 2.17. The molecule has 0 amide bonds. The maximum absolute atomic E-state index is 12.2. The second-order valence-electron chi connectivity index (χ2n) is 4.42. The highest BCUT2D eigenvalue weighted by atomic mass is 79.9. The van der Waals surface area contributed by atoms with Crippen LogP contribution in [0.1, 0.15) is 25.7 Å². The van der Waals surface area contributed by atoms with E-state index in [1.54, 1.807) is 18.4 Å². The summed E-state index contributed by atoms with van der Waals surface area (Å²) in [7, 11) is 1.63. The highest BCUT2D eigenvalue weighted by Crippen LogP contribution is 2.27. The molecule has 4 heteroatoms. The number of thiophene rings is 1. The minimum atomic E-state index is 0.165. The third-order valence-electron chi connectivity index (χ3n) is 3.02. The van der Waals surface area contributed by atoms with Crippen molar-refractivity contribution in [2.24, 2.45) is 0 Å². The fourth-order valence-corrected chi connectivity index (χ4v) is 3.36. The van der Waals surface area contributed by atoms with Gasteiger partial charge in [-0.15, -0.1) is 11.3 Å². The molecule has 100 valence electrons. The summed E-state index contributed by atoms with van der Waals surface area (Å²) in [6.45, 7) is 4.08. The van der Waals surface area contributed by atoms with Crippen molar-refractivity contribution in [2.45, 2.75) is 20.3 Å². The number of halogens is 1. The third-order valence-corrected chi connectivity index (χ3v) is 4.83. The third kappa shape index (κ3) is 3.25. The molecule has 19 heavy (non-hydrogen) atoms. The molecule has 1 aromatic carbocycles. The Balaban J connectivity index is 2.17. The Morgan fingerprint density at radius 3 is 2.58 bits per heavy atom. The van der Waals surface area contributed by atoms with Crippen molar-refractivity contribution in [2.75, 3.05) is 7.11 Å². The molecule has 2 aromatic rings. The monoisotopic (exact) mass is 338 g/mol. The molecule has 0 fully saturated rings. The molecule has 1 heterocycles. The maximum Gasteiger partial charge on any atom is 0.177 e. The number of carbonyl (C=O) groups is 1. The van der Waals surface area contributed by atoms with Gasteiger partial charge in [-0.2, -0.15) is 0 Å². The first-order chi connectivity index (χ1) is 9.01. The number of hydrogen-bond acceptors (Lipinski definition) is 3. The van der Waals surface area contributed by atoms with Crippen LogP contribution in [0.2, 0.25) is 0 Å². The van der Waals surface area contributed by atoms with E-state index in [1.807, 2.05) is 38.1 Å². The molecule has 0 spiro atoms. The average Bonchev–Trinajstić information content (AvgIpc) is 2.70. The number of Topliss-reactive ketones (excluding diaryl/α,β-unsaturated/α-hetero) is 1. The van der Waals surface area contributed by atoms with Crippen LogP contribution in [-0.4, -0.2) is 12.9 Å². The standard InChI is InChI=1S/C15H15BrO2S/c1-9-6-15(19-10(9)2)13(17)8-11-4-5-14(18-3)12(16)7-11/h4-7H,8H2,1-3H3. The van der Waals surface area contributed by atoms with E-state index in [9.17, 15) is 4.79 Å². The SMILES string of the molecule is COc1ccc(CC(=O)c2cc(C)c(C)s2)cc1Br. The van der Waals surface area contributed by atoms with Crippen LogP contribution < -0.4 is 4.74 Å². The molecule has 0 radical (unpaired) electrons. The van der Waals surface area contributed by atoms with Crippen LogP contribution in [-0.2, 0) is 6.42 Å². The summed E-state index contributed by atoms with van der Waals surface area (Å²) < 4.78 is 6.05. The van der Waals surface area contributed by atoms with E-state index in [0.29, 0.717) is 6.42 Å². The number of methoxy groups -OCH3 is 1. The molecule has 0 unspecified atom stereocenters. The normalized spacial score (nSPS) is 10.5. The van der Waals surface area contributed by atoms with Crippen LogP contribution in [0.3, 0.4) is 0 Å². The molecule has 0 saturated heterocycles. The van der Waals surface area contributed by atoms with Gasteiger partial charge in [0.05, 0.1) is 16.5 Å². The lowest BCUT2D eigenvalue weighted by Gasteiger charge is -2.05. The highest BCUT2D eigenvalue weighted by molar-refractivity contribution is 9.10. The summed E-state index contributed by atoms with van der Waals surface area (Å²) in [5.74, 6) is 0.942. The highest BCUT2D eigenvalue weighted by Gasteiger charge is 2.12. The van der Waals surface area contributed by atoms with Gasteiger partial charge in [0, 0.05) is 11.3 Å². The first-order valence-corrected chi connectivity index (χ1v) is 7.55. The van der Waals surface area contributed by atoms with Gasteiger partial charge in [-0.25, -0.2) is 0 Å². The van der Waals surface area contributed by atoms with E-state index in [-0.39, 0.29) is 5.78 Å². The van der Waals surface area contributed by atoms with Crippen LogP contribution in [0, 0.1) is 13.8 Å². The molecule has 0 aliphatic rings. The zero-order valence-electron chi connectivity index (χ0n) is 11.1. The predicted octanol–water partition coefficient (Wildman–Crippen LogP) is 4.56. The largest absolute Gasteiger partial charge is 0.496 e. The lowest BCUT2D eigenvalue weighted by Crippen LogP contribution is -2.01. The fourth-order valence-electron chi connectivity index (χ4n) is 1.80. The summed E-state index contributed by atoms with van der Waals surface area (Å²) in [6.07, 6.45) is 0.419. The molecule has 2 nitrogen and oxygen atoms in total. The Morgan fingerprint density at radius 2 is 2.05 bits per heavy atom. The molecular formula is C15H15BrO2S. The van der Waals surface area contributed by atoms with E-state index in [1.165, 1.54) is 10.4 Å². The van der Waals surface area contributed by atoms with Gasteiger partial charge in [0.2, 0.25) is 0 Å². The zero-order chi connectivity index (χ0) is 14.0. The zero-order valence-corrected chi connectivity index (χ0v) is 13.5. The average molecular weight is 339 g/mol. The van der Waals surface area contributed by atoms with E-state index >= 15 is 0 Å². The van der Waals surface area contributed by atoms with Gasteiger partial charge in [-0.1, -0.05) is 6.07 Å². The summed E-state index contributed by atoms with van der Waals surface area (Å²) in [5, 5.41) is 0. The van der Waals surface area contributed by atoms with Crippen LogP contribution in [0.5, 0.6) is 5.75 Å². The number of ketones is 1. The van der Waals surface area contributed by atoms with E-state index < -0.39 is 0 Å². The molecule has 0 aliphatic carbocycles. The molecule has 1 aromatic heterocycles.